The number of rotatable bonds is 4. The molecular formula is C27H24N6O3. The van der Waals surface area contributed by atoms with Crippen molar-refractivity contribution >= 4 is 28.3 Å². The molecule has 0 saturated carbocycles. The quantitative estimate of drug-likeness (QED) is 0.452. The molecule has 0 radical (unpaired) electrons. The van der Waals surface area contributed by atoms with E-state index in [9.17, 15) is 10.1 Å². The van der Waals surface area contributed by atoms with Crippen LogP contribution >= 0.6 is 0 Å². The number of benzene rings is 2. The van der Waals surface area contributed by atoms with E-state index in [1.807, 2.05) is 18.2 Å². The van der Waals surface area contributed by atoms with Crippen LogP contribution in [0.15, 0.2) is 54.7 Å². The van der Waals surface area contributed by atoms with E-state index in [0.29, 0.717) is 71.0 Å². The summed E-state index contributed by atoms with van der Waals surface area (Å²) in [5.41, 5.74) is 17.2. The van der Waals surface area contributed by atoms with Gasteiger partial charge in [0.1, 0.15) is 11.9 Å². The van der Waals surface area contributed by atoms with Gasteiger partial charge >= 0.3 is 0 Å². The zero-order valence-corrected chi connectivity index (χ0v) is 19.7. The van der Waals surface area contributed by atoms with Crippen molar-refractivity contribution in [3.8, 4) is 34.2 Å². The number of amides is 1. The Balaban J connectivity index is 1.56. The molecule has 5 rings (SSSR count). The molecule has 4 aromatic rings. The Morgan fingerprint density at radius 1 is 1.06 bits per heavy atom. The maximum Gasteiger partial charge on any atom is 0.254 e. The number of aromatic nitrogens is 2. The van der Waals surface area contributed by atoms with Crippen LogP contribution in [0.25, 0.3) is 33.2 Å². The van der Waals surface area contributed by atoms with Gasteiger partial charge in [0.05, 0.1) is 37.1 Å². The smallest absolute Gasteiger partial charge is 0.254 e. The van der Waals surface area contributed by atoms with Crippen molar-refractivity contribution < 1.29 is 14.3 Å². The molecule has 1 amide bonds. The minimum absolute atomic E-state index is 0.0491. The number of nitrogens with zero attached hydrogens (tertiary/aromatic N) is 4. The second-order valence-corrected chi connectivity index (χ2v) is 8.40. The van der Waals surface area contributed by atoms with E-state index in [1.165, 1.54) is 7.11 Å². The molecule has 1 aliphatic heterocycles. The topological polar surface area (TPSA) is 140 Å². The van der Waals surface area contributed by atoms with Crippen molar-refractivity contribution in [3.63, 3.8) is 0 Å². The van der Waals surface area contributed by atoms with Crippen molar-refractivity contribution in [2.24, 2.45) is 0 Å². The summed E-state index contributed by atoms with van der Waals surface area (Å²) in [6.07, 6.45) is 1.66. The number of nitriles is 1. The number of nitrogens with two attached hydrogens (primary N) is 2. The second kappa shape index (κ2) is 9.52. The lowest BCUT2D eigenvalue weighted by Crippen LogP contribution is -2.40. The second-order valence-electron chi connectivity index (χ2n) is 8.40. The molecule has 0 spiro atoms. The Morgan fingerprint density at radius 2 is 1.78 bits per heavy atom. The maximum absolute atomic E-state index is 12.8. The Morgan fingerprint density at radius 3 is 2.44 bits per heavy atom. The van der Waals surface area contributed by atoms with Gasteiger partial charge < -0.3 is 25.8 Å². The average molecular weight is 481 g/mol. The first-order chi connectivity index (χ1) is 17.5. The number of carbonyl (C=O) groups excluding carboxylic acids is 1. The largest absolute Gasteiger partial charge is 0.480 e. The molecule has 0 bridgehead atoms. The molecule has 3 heterocycles. The molecule has 1 saturated heterocycles. The Hall–Kier alpha value is -4.68. The SMILES string of the molecule is COc1ncc(-c2ccc3nc(N)c(-c4ccc(C(=O)N5CCOCC5)cc4)c(C#N)c3c2)cc1N. The third kappa shape index (κ3) is 4.15. The van der Waals surface area contributed by atoms with Crippen LogP contribution in [0, 0.1) is 11.3 Å². The number of methoxy groups -OCH3 is 1. The molecule has 4 N–H and O–H groups in total. The van der Waals surface area contributed by atoms with E-state index < -0.39 is 0 Å². The molecule has 36 heavy (non-hydrogen) atoms. The van der Waals surface area contributed by atoms with Gasteiger partial charge in [0.25, 0.3) is 5.91 Å². The third-order valence-electron chi connectivity index (χ3n) is 6.25. The van der Waals surface area contributed by atoms with E-state index >= 15 is 0 Å². The van der Waals surface area contributed by atoms with E-state index in [1.54, 1.807) is 41.4 Å². The molecule has 1 fully saturated rings. The fraction of sp³-hybridized carbons (Fsp3) is 0.185. The highest BCUT2D eigenvalue weighted by atomic mass is 16.5. The highest BCUT2D eigenvalue weighted by molar-refractivity contribution is 5.99. The first-order valence-electron chi connectivity index (χ1n) is 11.4. The van der Waals surface area contributed by atoms with Crippen LogP contribution in [0.2, 0.25) is 0 Å². The van der Waals surface area contributed by atoms with Gasteiger partial charge in [-0.25, -0.2) is 9.97 Å². The highest BCUT2D eigenvalue weighted by Crippen LogP contribution is 2.36. The number of hydrogen-bond donors (Lipinski definition) is 2. The molecule has 9 heteroatoms. The van der Waals surface area contributed by atoms with Gasteiger partial charge in [-0.15, -0.1) is 0 Å². The summed E-state index contributed by atoms with van der Waals surface area (Å²) in [5.74, 6) is 0.547. The lowest BCUT2D eigenvalue weighted by molar-refractivity contribution is 0.0303. The molecule has 2 aromatic heterocycles. The minimum Gasteiger partial charge on any atom is -0.480 e. The molecule has 0 atom stereocenters. The summed E-state index contributed by atoms with van der Waals surface area (Å²) in [6, 6.07) is 16.7. The molecule has 9 nitrogen and oxygen atoms in total. The summed E-state index contributed by atoms with van der Waals surface area (Å²) >= 11 is 0. The predicted octanol–water partition coefficient (Wildman–Crippen LogP) is 3.48. The third-order valence-corrected chi connectivity index (χ3v) is 6.25. The monoisotopic (exact) mass is 480 g/mol. The summed E-state index contributed by atoms with van der Waals surface area (Å²) in [5, 5.41) is 10.8. The predicted molar refractivity (Wildman–Crippen MR) is 137 cm³/mol. The Bertz CT molecular complexity index is 1510. The Kier molecular flexibility index (Phi) is 6.10. The minimum atomic E-state index is -0.0491. The van der Waals surface area contributed by atoms with Gasteiger partial charge in [-0.05, 0) is 41.5 Å². The van der Waals surface area contributed by atoms with E-state index in [-0.39, 0.29) is 11.7 Å². The fourth-order valence-corrected chi connectivity index (χ4v) is 4.40. The number of fused-ring (bicyclic) bond motifs is 1. The van der Waals surface area contributed by atoms with Crippen LogP contribution in [0.1, 0.15) is 15.9 Å². The molecule has 0 aliphatic carbocycles. The van der Waals surface area contributed by atoms with Gasteiger partial charge in [-0.1, -0.05) is 18.2 Å². The molecule has 1 aliphatic rings. The van der Waals surface area contributed by atoms with Crippen molar-refractivity contribution in [2.45, 2.75) is 0 Å². The van der Waals surface area contributed by atoms with Crippen LogP contribution in [-0.2, 0) is 4.74 Å². The van der Waals surface area contributed by atoms with Crippen LogP contribution < -0.4 is 16.2 Å². The number of morpholine rings is 1. The van der Waals surface area contributed by atoms with Crippen LogP contribution in [0.5, 0.6) is 5.88 Å². The van der Waals surface area contributed by atoms with E-state index in [4.69, 9.17) is 20.9 Å². The first-order valence-corrected chi connectivity index (χ1v) is 11.4. The lowest BCUT2D eigenvalue weighted by atomic mass is 9.94. The number of carbonyl (C=O) groups is 1. The standard InChI is InChI=1S/C27H24N6O3/c1-35-26-22(29)13-19(15-31-26)18-6-7-23-20(12-18)21(14-28)24(25(30)32-23)16-2-4-17(5-3-16)27(34)33-8-10-36-11-9-33/h2-7,12-13,15H,8-11,29H2,1H3,(H2,30,32). The lowest BCUT2D eigenvalue weighted by Gasteiger charge is -2.26. The van der Waals surface area contributed by atoms with E-state index in [0.717, 1.165) is 11.1 Å². The van der Waals surface area contributed by atoms with Gasteiger partial charge in [0, 0.05) is 41.4 Å². The first kappa shape index (κ1) is 23.1. The van der Waals surface area contributed by atoms with Crippen LogP contribution in [-0.4, -0.2) is 54.2 Å². The zero-order valence-electron chi connectivity index (χ0n) is 19.7. The van der Waals surface area contributed by atoms with Crippen molar-refractivity contribution in [2.75, 3.05) is 44.9 Å². The number of nitrogen functional groups attached to an aromatic ring is 2. The summed E-state index contributed by atoms with van der Waals surface area (Å²) in [4.78, 5) is 23.4. The van der Waals surface area contributed by atoms with Gasteiger partial charge in [0.15, 0.2) is 0 Å². The normalized spacial score (nSPS) is 13.4. The zero-order chi connectivity index (χ0) is 25.2. The summed E-state index contributed by atoms with van der Waals surface area (Å²) < 4.78 is 10.5. The van der Waals surface area contributed by atoms with Gasteiger partial charge in [-0.2, -0.15) is 5.26 Å². The average Bonchev–Trinajstić information content (AvgIpc) is 2.92. The fourth-order valence-electron chi connectivity index (χ4n) is 4.40. The van der Waals surface area contributed by atoms with Gasteiger partial charge in [-0.3, -0.25) is 4.79 Å². The van der Waals surface area contributed by atoms with Gasteiger partial charge in [0.2, 0.25) is 5.88 Å². The number of ether oxygens (including phenoxy) is 2. The maximum atomic E-state index is 12.8. The number of hydrogen-bond acceptors (Lipinski definition) is 8. The summed E-state index contributed by atoms with van der Waals surface area (Å²) in [7, 11) is 1.51. The van der Waals surface area contributed by atoms with Crippen molar-refractivity contribution in [1.82, 2.24) is 14.9 Å². The highest BCUT2D eigenvalue weighted by Gasteiger charge is 2.20. The van der Waals surface area contributed by atoms with E-state index in [2.05, 4.69) is 16.0 Å². The molecule has 2 aromatic carbocycles. The van der Waals surface area contributed by atoms with Crippen LogP contribution in [0.3, 0.4) is 0 Å². The Labute approximate surface area is 207 Å². The summed E-state index contributed by atoms with van der Waals surface area (Å²) in [6.45, 7) is 2.21. The molecule has 0 unspecified atom stereocenters. The van der Waals surface area contributed by atoms with Crippen molar-refractivity contribution in [1.29, 1.82) is 5.26 Å². The van der Waals surface area contributed by atoms with Crippen LogP contribution in [0.4, 0.5) is 11.5 Å². The molecule has 180 valence electrons. The number of pyridine rings is 2. The number of anilines is 2. The molecular weight excluding hydrogens is 456 g/mol. The van der Waals surface area contributed by atoms with Crippen molar-refractivity contribution in [3.05, 3.63) is 65.9 Å².